The molecule has 0 aromatic heterocycles. The van der Waals surface area contributed by atoms with Gasteiger partial charge in [-0.1, -0.05) is 11.6 Å². The number of benzene rings is 1. The van der Waals surface area contributed by atoms with Crippen LogP contribution in [0.4, 0.5) is 0 Å². The molecule has 0 radical (unpaired) electrons. The highest BCUT2D eigenvalue weighted by molar-refractivity contribution is 14.1. The number of rotatable bonds is 3. The van der Waals surface area contributed by atoms with Crippen molar-refractivity contribution in [3.05, 3.63) is 28.8 Å². The molecular weight excluding hydrogens is 288 g/mol. The Labute approximate surface area is 90.2 Å². The third kappa shape index (κ3) is 2.50. The fourth-order valence-corrected chi connectivity index (χ4v) is 1.44. The van der Waals surface area contributed by atoms with E-state index in [9.17, 15) is 0 Å². The van der Waals surface area contributed by atoms with E-state index in [0.717, 1.165) is 11.3 Å². The smallest absolute Gasteiger partial charge is 0.139 e. The zero-order valence-electron chi connectivity index (χ0n) is 6.39. The molecule has 66 valence electrons. The molecule has 2 nitrogen and oxygen atoms in total. The maximum absolute atomic E-state index is 5.78. The van der Waals surface area contributed by atoms with Crippen LogP contribution in [0.15, 0.2) is 18.2 Å². The van der Waals surface area contributed by atoms with Crippen molar-refractivity contribution in [2.45, 2.75) is 6.54 Å². The van der Waals surface area contributed by atoms with Crippen LogP contribution in [-0.2, 0) is 6.54 Å². The molecule has 1 aromatic rings. The fraction of sp³-hybridized carbons (Fsp3) is 0.250. The number of hydrogen-bond acceptors (Lipinski definition) is 2. The zero-order valence-corrected chi connectivity index (χ0v) is 9.30. The maximum Gasteiger partial charge on any atom is 0.139 e. The highest BCUT2D eigenvalue weighted by Crippen LogP contribution is 2.22. The number of ether oxygens (including phenoxy) is 1. The minimum absolute atomic E-state index is 0.451. The molecular formula is C8H9ClINO. The molecule has 0 atom stereocenters. The van der Waals surface area contributed by atoms with Crippen LogP contribution < -0.4 is 10.5 Å². The molecule has 0 saturated carbocycles. The molecule has 1 rings (SSSR count). The molecule has 0 bridgehead atoms. The molecule has 0 amide bonds. The minimum Gasteiger partial charge on any atom is -0.483 e. The second-order valence-corrected chi connectivity index (χ2v) is 3.27. The predicted octanol–water partition coefficient (Wildman–Crippen LogP) is 2.57. The Kier molecular flexibility index (Phi) is 4.11. The molecule has 0 saturated heterocycles. The Bertz CT molecular complexity index is 267. The standard InChI is InChI=1S/C8H9ClINO/c9-7-1-2-8(12-5-10)6(3-7)4-11/h1-3H,4-5,11H2. The lowest BCUT2D eigenvalue weighted by Crippen LogP contribution is -2.00. The first-order valence-corrected chi connectivity index (χ1v) is 5.35. The molecule has 0 aliphatic carbocycles. The van der Waals surface area contributed by atoms with Gasteiger partial charge in [0, 0.05) is 17.1 Å². The van der Waals surface area contributed by atoms with Crippen LogP contribution in [0, 0.1) is 0 Å². The number of halogens is 2. The van der Waals surface area contributed by atoms with Crippen molar-refractivity contribution >= 4 is 34.2 Å². The van der Waals surface area contributed by atoms with Gasteiger partial charge in [-0.25, -0.2) is 0 Å². The summed E-state index contributed by atoms with van der Waals surface area (Å²) in [5.74, 6) is 0.816. The van der Waals surface area contributed by atoms with E-state index in [-0.39, 0.29) is 0 Å². The fourth-order valence-electron chi connectivity index (χ4n) is 0.907. The van der Waals surface area contributed by atoms with Crippen molar-refractivity contribution in [2.24, 2.45) is 5.73 Å². The van der Waals surface area contributed by atoms with Crippen LogP contribution in [0.5, 0.6) is 5.75 Å². The molecule has 2 N–H and O–H groups in total. The summed E-state index contributed by atoms with van der Waals surface area (Å²) in [5, 5.41) is 0.691. The van der Waals surface area contributed by atoms with Crippen LogP contribution in [0.25, 0.3) is 0 Å². The molecule has 0 spiro atoms. The van der Waals surface area contributed by atoms with Gasteiger partial charge in [0.2, 0.25) is 0 Å². The van der Waals surface area contributed by atoms with Crippen molar-refractivity contribution in [2.75, 3.05) is 4.61 Å². The van der Waals surface area contributed by atoms with Gasteiger partial charge in [0.05, 0.1) is 0 Å². The Morgan fingerprint density at radius 1 is 1.50 bits per heavy atom. The van der Waals surface area contributed by atoms with E-state index in [0.29, 0.717) is 16.2 Å². The number of hydrogen-bond donors (Lipinski definition) is 1. The van der Waals surface area contributed by atoms with Gasteiger partial charge in [0.25, 0.3) is 0 Å². The Balaban J connectivity index is 2.94. The summed E-state index contributed by atoms with van der Waals surface area (Å²) in [6.45, 7) is 0.451. The largest absolute Gasteiger partial charge is 0.483 e. The lowest BCUT2D eigenvalue weighted by atomic mass is 10.2. The van der Waals surface area contributed by atoms with E-state index >= 15 is 0 Å². The SMILES string of the molecule is NCc1cc(Cl)ccc1OCI. The Hall–Kier alpha value is 0. The third-order valence-electron chi connectivity index (χ3n) is 1.45. The first-order chi connectivity index (χ1) is 5.77. The van der Waals surface area contributed by atoms with Gasteiger partial charge in [-0.15, -0.1) is 0 Å². The van der Waals surface area contributed by atoms with Crippen molar-refractivity contribution in [1.82, 2.24) is 0 Å². The molecule has 0 unspecified atom stereocenters. The summed E-state index contributed by atoms with van der Waals surface area (Å²) in [7, 11) is 0. The third-order valence-corrected chi connectivity index (χ3v) is 2.00. The Morgan fingerprint density at radius 2 is 2.25 bits per heavy atom. The van der Waals surface area contributed by atoms with Crippen LogP contribution in [0.3, 0.4) is 0 Å². The van der Waals surface area contributed by atoms with Crippen molar-refractivity contribution < 1.29 is 4.74 Å². The van der Waals surface area contributed by atoms with Crippen molar-refractivity contribution in [3.8, 4) is 5.75 Å². The highest BCUT2D eigenvalue weighted by atomic mass is 127. The molecule has 1 aromatic carbocycles. The molecule has 0 fully saturated rings. The van der Waals surface area contributed by atoms with E-state index in [1.54, 1.807) is 6.07 Å². The summed E-state index contributed by atoms with van der Waals surface area (Å²) < 4.78 is 5.95. The van der Waals surface area contributed by atoms with Gasteiger partial charge >= 0.3 is 0 Å². The highest BCUT2D eigenvalue weighted by Gasteiger charge is 2.01. The molecule has 0 heterocycles. The van der Waals surface area contributed by atoms with Crippen LogP contribution >= 0.6 is 34.2 Å². The minimum atomic E-state index is 0.451. The topological polar surface area (TPSA) is 35.2 Å². The lowest BCUT2D eigenvalue weighted by molar-refractivity contribution is 0.399. The number of alkyl halides is 1. The lowest BCUT2D eigenvalue weighted by Gasteiger charge is -2.07. The van der Waals surface area contributed by atoms with E-state index < -0.39 is 0 Å². The molecule has 0 aliphatic heterocycles. The first kappa shape index (κ1) is 10.1. The summed E-state index contributed by atoms with van der Waals surface area (Å²) in [4.78, 5) is 0. The second kappa shape index (κ2) is 4.89. The average molecular weight is 298 g/mol. The van der Waals surface area contributed by atoms with Gasteiger partial charge in [0.15, 0.2) is 0 Å². The predicted molar refractivity (Wildman–Crippen MR) is 58.9 cm³/mol. The second-order valence-electron chi connectivity index (χ2n) is 2.21. The normalized spacial score (nSPS) is 9.92. The zero-order chi connectivity index (χ0) is 8.97. The van der Waals surface area contributed by atoms with Crippen LogP contribution in [-0.4, -0.2) is 4.61 Å². The van der Waals surface area contributed by atoms with Gasteiger partial charge < -0.3 is 10.5 Å². The molecule has 12 heavy (non-hydrogen) atoms. The molecule has 0 aliphatic rings. The molecule has 4 heteroatoms. The summed E-state index contributed by atoms with van der Waals surface area (Å²) >= 11 is 7.92. The monoisotopic (exact) mass is 297 g/mol. The summed E-state index contributed by atoms with van der Waals surface area (Å²) in [6, 6.07) is 5.45. The summed E-state index contributed by atoms with van der Waals surface area (Å²) in [5.41, 5.74) is 6.45. The average Bonchev–Trinajstić information content (AvgIpc) is 2.08. The number of nitrogens with two attached hydrogens (primary N) is 1. The van der Waals surface area contributed by atoms with E-state index in [2.05, 4.69) is 22.6 Å². The quantitative estimate of drug-likeness (QED) is 0.687. The maximum atomic E-state index is 5.78. The Morgan fingerprint density at radius 3 is 2.83 bits per heavy atom. The van der Waals surface area contributed by atoms with Gasteiger partial charge in [-0.2, -0.15) is 0 Å². The van der Waals surface area contributed by atoms with Gasteiger partial charge in [-0.05, 0) is 40.8 Å². The van der Waals surface area contributed by atoms with E-state index in [1.807, 2.05) is 12.1 Å². The van der Waals surface area contributed by atoms with E-state index in [1.165, 1.54) is 0 Å². The van der Waals surface area contributed by atoms with Crippen LogP contribution in [0.2, 0.25) is 5.02 Å². The van der Waals surface area contributed by atoms with Gasteiger partial charge in [-0.3, -0.25) is 0 Å². The van der Waals surface area contributed by atoms with Crippen LogP contribution in [0.1, 0.15) is 5.56 Å². The van der Waals surface area contributed by atoms with Gasteiger partial charge in [0.1, 0.15) is 10.4 Å². The van der Waals surface area contributed by atoms with Crippen molar-refractivity contribution in [1.29, 1.82) is 0 Å². The van der Waals surface area contributed by atoms with E-state index in [4.69, 9.17) is 22.1 Å². The first-order valence-electron chi connectivity index (χ1n) is 3.45. The summed E-state index contributed by atoms with van der Waals surface area (Å²) in [6.07, 6.45) is 0. The van der Waals surface area contributed by atoms with Crippen molar-refractivity contribution in [3.63, 3.8) is 0 Å².